The molecule has 0 spiro atoms. The van der Waals surface area contributed by atoms with E-state index in [2.05, 4.69) is 0 Å². The monoisotopic (exact) mass is 275 g/mol. The molecule has 20 heavy (non-hydrogen) atoms. The molecule has 0 radical (unpaired) electrons. The molecule has 0 bridgehead atoms. The van der Waals surface area contributed by atoms with Crippen LogP contribution in [0.2, 0.25) is 0 Å². The molecule has 0 N–H and O–H groups in total. The van der Waals surface area contributed by atoms with Crippen molar-refractivity contribution in [3.63, 3.8) is 0 Å². The minimum absolute atomic E-state index is 0.0271. The van der Waals surface area contributed by atoms with Crippen molar-refractivity contribution in [3.8, 4) is 0 Å². The van der Waals surface area contributed by atoms with Crippen LogP contribution < -0.4 is 0 Å². The van der Waals surface area contributed by atoms with Gasteiger partial charge in [0, 0.05) is 24.9 Å². The molecule has 0 aromatic heterocycles. The zero-order valence-corrected chi connectivity index (χ0v) is 12.1. The molecule has 1 amide bonds. The Balaban J connectivity index is 1.86. The molecule has 1 heterocycles. The summed E-state index contributed by atoms with van der Waals surface area (Å²) in [5.41, 5.74) is 1.80. The molecule has 1 aromatic rings. The fourth-order valence-corrected chi connectivity index (χ4v) is 2.35. The van der Waals surface area contributed by atoms with Gasteiger partial charge in [-0.15, -0.1) is 0 Å². The molecule has 1 aliphatic rings. The SMILES string of the molecule is Cc1ccc(C(=O)CCC(=O)N2CCOCC2C)cc1. The lowest BCUT2D eigenvalue weighted by Crippen LogP contribution is -2.47. The van der Waals surface area contributed by atoms with Crippen LogP contribution in [0.4, 0.5) is 0 Å². The van der Waals surface area contributed by atoms with Crippen LogP contribution in [0.1, 0.15) is 35.7 Å². The van der Waals surface area contributed by atoms with Crippen LogP contribution in [-0.4, -0.2) is 42.4 Å². The van der Waals surface area contributed by atoms with E-state index >= 15 is 0 Å². The second kappa shape index (κ2) is 6.66. The first-order chi connectivity index (χ1) is 9.58. The molecule has 1 saturated heterocycles. The van der Waals surface area contributed by atoms with E-state index in [0.29, 0.717) is 25.3 Å². The zero-order valence-electron chi connectivity index (χ0n) is 12.1. The molecule has 1 fully saturated rings. The van der Waals surface area contributed by atoms with Crippen molar-refractivity contribution in [3.05, 3.63) is 35.4 Å². The van der Waals surface area contributed by atoms with Crippen LogP contribution in [0.5, 0.6) is 0 Å². The number of ether oxygens (including phenoxy) is 1. The molecule has 2 rings (SSSR count). The molecule has 0 aliphatic carbocycles. The van der Waals surface area contributed by atoms with Crippen LogP contribution in [0.3, 0.4) is 0 Å². The third-order valence-corrected chi connectivity index (χ3v) is 3.63. The van der Waals surface area contributed by atoms with Crippen molar-refractivity contribution in [2.45, 2.75) is 32.7 Å². The normalized spacial score (nSPS) is 18.9. The average Bonchev–Trinajstić information content (AvgIpc) is 2.45. The van der Waals surface area contributed by atoms with Crippen LogP contribution in [0.15, 0.2) is 24.3 Å². The lowest BCUT2D eigenvalue weighted by Gasteiger charge is -2.33. The zero-order chi connectivity index (χ0) is 14.5. The predicted octanol–water partition coefficient (Wildman–Crippen LogP) is 2.21. The van der Waals surface area contributed by atoms with Gasteiger partial charge in [-0.05, 0) is 13.8 Å². The predicted molar refractivity (Wildman–Crippen MR) is 76.7 cm³/mol. The fraction of sp³-hybridized carbons (Fsp3) is 0.500. The number of amides is 1. The molecular weight excluding hydrogens is 254 g/mol. The van der Waals surface area contributed by atoms with Gasteiger partial charge in [0.1, 0.15) is 0 Å². The van der Waals surface area contributed by atoms with Gasteiger partial charge in [-0.25, -0.2) is 0 Å². The molecule has 4 nitrogen and oxygen atoms in total. The maximum Gasteiger partial charge on any atom is 0.223 e. The number of nitrogens with zero attached hydrogens (tertiary/aromatic N) is 1. The first-order valence-corrected chi connectivity index (χ1v) is 7.05. The van der Waals surface area contributed by atoms with Gasteiger partial charge in [0.05, 0.1) is 19.3 Å². The molecular formula is C16H21NO3. The highest BCUT2D eigenvalue weighted by atomic mass is 16.5. The number of carbonyl (C=O) groups excluding carboxylic acids is 2. The number of benzene rings is 1. The van der Waals surface area contributed by atoms with Crippen molar-refractivity contribution in [2.75, 3.05) is 19.8 Å². The quantitative estimate of drug-likeness (QED) is 0.791. The van der Waals surface area contributed by atoms with Gasteiger partial charge in [0.15, 0.2) is 5.78 Å². The Morgan fingerprint density at radius 1 is 1.25 bits per heavy atom. The van der Waals surface area contributed by atoms with Gasteiger partial charge in [-0.1, -0.05) is 29.8 Å². The maximum absolute atomic E-state index is 12.1. The van der Waals surface area contributed by atoms with Crippen molar-refractivity contribution in [1.82, 2.24) is 4.90 Å². The summed E-state index contributed by atoms with van der Waals surface area (Å²) in [4.78, 5) is 26.0. The second-order valence-electron chi connectivity index (χ2n) is 5.30. The van der Waals surface area contributed by atoms with Crippen molar-refractivity contribution >= 4 is 11.7 Å². The number of morpholine rings is 1. The Kier molecular flexibility index (Phi) is 4.90. The average molecular weight is 275 g/mol. The van der Waals surface area contributed by atoms with E-state index in [1.54, 1.807) is 0 Å². The fourth-order valence-electron chi connectivity index (χ4n) is 2.35. The largest absolute Gasteiger partial charge is 0.377 e. The van der Waals surface area contributed by atoms with Gasteiger partial charge >= 0.3 is 0 Å². The molecule has 1 atom stereocenters. The number of hydrogen-bond donors (Lipinski definition) is 0. The molecule has 108 valence electrons. The standard InChI is InChI=1S/C16H21NO3/c1-12-3-5-14(6-4-12)15(18)7-8-16(19)17-9-10-20-11-13(17)2/h3-6,13H,7-11H2,1-2H3. The van der Waals surface area contributed by atoms with E-state index in [4.69, 9.17) is 4.74 Å². The topological polar surface area (TPSA) is 46.6 Å². The minimum Gasteiger partial charge on any atom is -0.377 e. The van der Waals surface area contributed by atoms with Crippen LogP contribution in [0, 0.1) is 6.92 Å². The van der Waals surface area contributed by atoms with Gasteiger partial charge in [-0.3, -0.25) is 9.59 Å². The Morgan fingerprint density at radius 3 is 2.60 bits per heavy atom. The summed E-state index contributed by atoms with van der Waals surface area (Å²) in [6, 6.07) is 7.57. The Labute approximate surface area is 119 Å². The number of ketones is 1. The van der Waals surface area contributed by atoms with Crippen molar-refractivity contribution in [2.24, 2.45) is 0 Å². The van der Waals surface area contributed by atoms with E-state index < -0.39 is 0 Å². The number of carbonyl (C=O) groups is 2. The van der Waals surface area contributed by atoms with Crippen molar-refractivity contribution < 1.29 is 14.3 Å². The third-order valence-electron chi connectivity index (χ3n) is 3.63. The first kappa shape index (κ1) is 14.7. The minimum atomic E-state index is 0.0271. The van der Waals surface area contributed by atoms with Gasteiger partial charge < -0.3 is 9.64 Å². The summed E-state index contributed by atoms with van der Waals surface area (Å²) in [6.45, 7) is 5.74. The Morgan fingerprint density at radius 2 is 1.95 bits per heavy atom. The van der Waals surface area contributed by atoms with Crippen LogP contribution in [-0.2, 0) is 9.53 Å². The summed E-state index contributed by atoms with van der Waals surface area (Å²) in [5.74, 6) is 0.0699. The molecule has 4 heteroatoms. The van der Waals surface area contributed by atoms with Gasteiger partial charge in [0.2, 0.25) is 5.91 Å². The second-order valence-corrected chi connectivity index (χ2v) is 5.30. The molecule has 0 saturated carbocycles. The van der Waals surface area contributed by atoms with E-state index in [-0.39, 0.29) is 30.6 Å². The van der Waals surface area contributed by atoms with Gasteiger partial charge in [0.25, 0.3) is 0 Å². The van der Waals surface area contributed by atoms with Gasteiger partial charge in [-0.2, -0.15) is 0 Å². The highest BCUT2D eigenvalue weighted by Gasteiger charge is 2.23. The maximum atomic E-state index is 12.1. The number of rotatable bonds is 4. The Bertz CT molecular complexity index is 481. The van der Waals surface area contributed by atoms with Crippen LogP contribution in [0.25, 0.3) is 0 Å². The number of hydrogen-bond acceptors (Lipinski definition) is 3. The van der Waals surface area contributed by atoms with E-state index in [9.17, 15) is 9.59 Å². The summed E-state index contributed by atoms with van der Waals surface area (Å²) in [6.07, 6.45) is 0.545. The van der Waals surface area contributed by atoms with Crippen LogP contribution >= 0.6 is 0 Å². The first-order valence-electron chi connectivity index (χ1n) is 7.05. The number of aryl methyl sites for hydroxylation is 1. The van der Waals surface area contributed by atoms with E-state index in [1.165, 1.54) is 0 Å². The summed E-state index contributed by atoms with van der Waals surface area (Å²) >= 11 is 0. The number of Topliss-reactive ketones (excluding diaryl/α,β-unsaturated/α-hetero) is 1. The van der Waals surface area contributed by atoms with E-state index in [0.717, 1.165) is 5.56 Å². The summed E-state index contributed by atoms with van der Waals surface area (Å²) in [5, 5.41) is 0. The summed E-state index contributed by atoms with van der Waals surface area (Å²) < 4.78 is 5.31. The highest BCUT2D eigenvalue weighted by molar-refractivity contribution is 5.98. The molecule has 1 unspecified atom stereocenters. The smallest absolute Gasteiger partial charge is 0.223 e. The van der Waals surface area contributed by atoms with E-state index in [1.807, 2.05) is 43.0 Å². The lowest BCUT2D eigenvalue weighted by atomic mass is 10.0. The highest BCUT2D eigenvalue weighted by Crippen LogP contribution is 2.12. The third kappa shape index (κ3) is 3.67. The molecule has 1 aromatic carbocycles. The summed E-state index contributed by atoms with van der Waals surface area (Å²) in [7, 11) is 0. The molecule has 1 aliphatic heterocycles. The lowest BCUT2D eigenvalue weighted by molar-refractivity contribution is -0.139. The van der Waals surface area contributed by atoms with Crippen molar-refractivity contribution in [1.29, 1.82) is 0 Å². The Hall–Kier alpha value is -1.68.